The average molecular weight is 246 g/mol. The lowest BCUT2D eigenvalue weighted by molar-refractivity contribution is -0.384. The van der Waals surface area contributed by atoms with Crippen LogP contribution in [0.25, 0.3) is 11.3 Å². The molecule has 0 saturated carbocycles. The van der Waals surface area contributed by atoms with Crippen molar-refractivity contribution in [2.75, 3.05) is 0 Å². The fourth-order valence-corrected chi connectivity index (χ4v) is 1.72. The maximum absolute atomic E-state index is 10.9. The van der Waals surface area contributed by atoms with Crippen molar-refractivity contribution in [2.45, 2.75) is 6.92 Å². The number of nitro groups is 1. The molecule has 0 aliphatic rings. The summed E-state index contributed by atoms with van der Waals surface area (Å²) in [6, 6.07) is 7.50. The van der Waals surface area contributed by atoms with E-state index in [1.54, 1.807) is 19.1 Å². The minimum atomic E-state index is -1.03. The summed E-state index contributed by atoms with van der Waals surface area (Å²) in [5.41, 5.74) is 1.78. The highest BCUT2D eigenvalue weighted by atomic mass is 16.6. The van der Waals surface area contributed by atoms with Gasteiger partial charge in [-0.25, -0.2) is 4.79 Å². The van der Waals surface area contributed by atoms with Crippen molar-refractivity contribution in [3.05, 3.63) is 51.7 Å². The van der Waals surface area contributed by atoms with Gasteiger partial charge >= 0.3 is 5.97 Å². The molecular weight excluding hydrogens is 236 g/mol. The number of carboxylic acids is 1. The summed E-state index contributed by atoms with van der Waals surface area (Å²) in [6.07, 6.45) is 0. The summed E-state index contributed by atoms with van der Waals surface area (Å²) in [5, 5.41) is 19.6. The van der Waals surface area contributed by atoms with Gasteiger partial charge in [-0.1, -0.05) is 12.1 Å². The molecule has 0 fully saturated rings. The molecule has 2 N–H and O–H groups in total. The number of aryl methyl sites for hydroxylation is 1. The molecule has 0 atom stereocenters. The fourth-order valence-electron chi connectivity index (χ4n) is 1.72. The molecule has 0 amide bonds. The number of hydrogen-bond donors (Lipinski definition) is 2. The number of non-ortho nitro benzene ring substituents is 1. The Balaban J connectivity index is 2.49. The maximum Gasteiger partial charge on any atom is 0.337 e. The van der Waals surface area contributed by atoms with E-state index in [1.165, 1.54) is 18.2 Å². The van der Waals surface area contributed by atoms with Crippen molar-refractivity contribution in [3.63, 3.8) is 0 Å². The molecule has 92 valence electrons. The standard InChI is InChI=1S/C12H10N2O4/c1-7-10(12(15)16)6-11(13-7)8-3-2-4-9(5-8)14(17)18/h2-6,13H,1H3,(H,15,16). The van der Waals surface area contributed by atoms with E-state index in [1.807, 2.05) is 0 Å². The molecule has 6 heteroatoms. The van der Waals surface area contributed by atoms with Crippen LogP contribution >= 0.6 is 0 Å². The summed E-state index contributed by atoms with van der Waals surface area (Å²) in [7, 11) is 0. The number of carbonyl (C=O) groups is 1. The number of nitrogens with zero attached hydrogens (tertiary/aromatic N) is 1. The van der Waals surface area contributed by atoms with Gasteiger partial charge in [0, 0.05) is 29.1 Å². The van der Waals surface area contributed by atoms with Gasteiger partial charge in [-0.2, -0.15) is 0 Å². The van der Waals surface area contributed by atoms with Crippen LogP contribution in [0.1, 0.15) is 16.1 Å². The summed E-state index contributed by atoms with van der Waals surface area (Å²) in [4.78, 5) is 24.0. The van der Waals surface area contributed by atoms with Crippen molar-refractivity contribution in [2.24, 2.45) is 0 Å². The Kier molecular flexibility index (Phi) is 2.85. The van der Waals surface area contributed by atoms with Crippen LogP contribution in [0, 0.1) is 17.0 Å². The SMILES string of the molecule is Cc1[nH]c(-c2cccc([N+](=O)[O-])c2)cc1C(=O)O. The molecule has 0 unspecified atom stereocenters. The van der Waals surface area contributed by atoms with Gasteiger partial charge in [-0.3, -0.25) is 10.1 Å². The zero-order chi connectivity index (χ0) is 13.3. The zero-order valence-electron chi connectivity index (χ0n) is 9.51. The highest BCUT2D eigenvalue weighted by Gasteiger charge is 2.14. The summed E-state index contributed by atoms with van der Waals surface area (Å²) in [6.45, 7) is 1.64. The van der Waals surface area contributed by atoms with Crippen molar-refractivity contribution in [1.82, 2.24) is 4.98 Å². The van der Waals surface area contributed by atoms with Crippen LogP contribution in [-0.4, -0.2) is 21.0 Å². The van der Waals surface area contributed by atoms with Crippen LogP contribution < -0.4 is 0 Å². The number of hydrogen-bond acceptors (Lipinski definition) is 3. The first-order chi connectivity index (χ1) is 8.49. The topological polar surface area (TPSA) is 96.2 Å². The first-order valence-corrected chi connectivity index (χ1v) is 5.17. The van der Waals surface area contributed by atoms with E-state index in [4.69, 9.17) is 5.11 Å². The number of nitro benzene ring substituents is 1. The van der Waals surface area contributed by atoms with E-state index in [2.05, 4.69) is 4.98 Å². The molecule has 0 saturated heterocycles. The summed E-state index contributed by atoms with van der Waals surface area (Å²) < 4.78 is 0. The highest BCUT2D eigenvalue weighted by Crippen LogP contribution is 2.25. The minimum absolute atomic E-state index is 0.0309. The summed E-state index contributed by atoms with van der Waals surface area (Å²) in [5.74, 6) is -1.03. The van der Waals surface area contributed by atoms with Gasteiger partial charge in [0.25, 0.3) is 5.69 Å². The predicted octanol–water partition coefficient (Wildman–Crippen LogP) is 2.60. The van der Waals surface area contributed by atoms with Crippen LogP contribution in [0.2, 0.25) is 0 Å². The van der Waals surface area contributed by atoms with Gasteiger partial charge in [-0.05, 0) is 13.0 Å². The third-order valence-corrected chi connectivity index (χ3v) is 2.61. The fraction of sp³-hybridized carbons (Fsp3) is 0.0833. The number of benzene rings is 1. The van der Waals surface area contributed by atoms with E-state index in [9.17, 15) is 14.9 Å². The van der Waals surface area contributed by atoms with E-state index >= 15 is 0 Å². The Bertz CT molecular complexity index is 631. The Morgan fingerprint density at radius 1 is 1.39 bits per heavy atom. The van der Waals surface area contributed by atoms with E-state index in [0.717, 1.165) is 0 Å². The van der Waals surface area contributed by atoms with Crippen molar-refractivity contribution < 1.29 is 14.8 Å². The quantitative estimate of drug-likeness (QED) is 0.642. The van der Waals surface area contributed by atoms with Crippen LogP contribution in [0.3, 0.4) is 0 Å². The molecule has 0 spiro atoms. The van der Waals surface area contributed by atoms with Crippen LogP contribution in [-0.2, 0) is 0 Å². The zero-order valence-corrected chi connectivity index (χ0v) is 9.51. The number of aromatic amines is 1. The lowest BCUT2D eigenvalue weighted by atomic mass is 10.1. The number of nitrogens with one attached hydrogen (secondary N) is 1. The number of rotatable bonds is 3. The molecule has 0 radical (unpaired) electrons. The smallest absolute Gasteiger partial charge is 0.337 e. The van der Waals surface area contributed by atoms with E-state index in [0.29, 0.717) is 17.0 Å². The molecule has 1 heterocycles. The maximum atomic E-state index is 10.9. The highest BCUT2D eigenvalue weighted by molar-refractivity contribution is 5.91. The van der Waals surface area contributed by atoms with Gasteiger partial charge in [-0.15, -0.1) is 0 Å². The second-order valence-electron chi connectivity index (χ2n) is 3.83. The number of aromatic carboxylic acids is 1. The molecule has 0 aliphatic carbocycles. The lowest BCUT2D eigenvalue weighted by Crippen LogP contribution is -1.95. The van der Waals surface area contributed by atoms with E-state index in [-0.39, 0.29) is 11.3 Å². The number of aromatic nitrogens is 1. The first kappa shape index (κ1) is 11.8. The van der Waals surface area contributed by atoms with Gasteiger partial charge in [0.1, 0.15) is 0 Å². The van der Waals surface area contributed by atoms with Crippen LogP contribution in [0.15, 0.2) is 30.3 Å². The molecule has 0 aliphatic heterocycles. The lowest BCUT2D eigenvalue weighted by Gasteiger charge is -1.97. The second-order valence-corrected chi connectivity index (χ2v) is 3.83. The van der Waals surface area contributed by atoms with E-state index < -0.39 is 10.9 Å². The van der Waals surface area contributed by atoms with Gasteiger partial charge < -0.3 is 10.1 Å². The van der Waals surface area contributed by atoms with Gasteiger partial charge in [0.2, 0.25) is 0 Å². The molecule has 0 bridgehead atoms. The van der Waals surface area contributed by atoms with Crippen molar-refractivity contribution in [3.8, 4) is 11.3 Å². The molecule has 2 aromatic rings. The van der Waals surface area contributed by atoms with Gasteiger partial charge in [0.05, 0.1) is 10.5 Å². The molecular formula is C12H10N2O4. The Labute approximate surface area is 102 Å². The predicted molar refractivity (Wildman–Crippen MR) is 64.6 cm³/mol. The Morgan fingerprint density at radius 2 is 2.11 bits per heavy atom. The molecule has 18 heavy (non-hydrogen) atoms. The third kappa shape index (κ3) is 2.08. The number of H-pyrrole nitrogens is 1. The molecule has 1 aromatic heterocycles. The third-order valence-electron chi connectivity index (χ3n) is 2.61. The Hall–Kier alpha value is -2.63. The molecule has 1 aromatic carbocycles. The first-order valence-electron chi connectivity index (χ1n) is 5.17. The Morgan fingerprint density at radius 3 is 2.67 bits per heavy atom. The molecule has 6 nitrogen and oxygen atoms in total. The largest absolute Gasteiger partial charge is 0.478 e. The molecule has 2 rings (SSSR count). The van der Waals surface area contributed by atoms with Crippen molar-refractivity contribution >= 4 is 11.7 Å². The monoisotopic (exact) mass is 246 g/mol. The van der Waals surface area contributed by atoms with Crippen molar-refractivity contribution in [1.29, 1.82) is 0 Å². The average Bonchev–Trinajstić information content (AvgIpc) is 2.71. The normalized spacial score (nSPS) is 10.3. The number of carboxylic acid groups (broad SMARTS) is 1. The summed E-state index contributed by atoms with van der Waals surface area (Å²) >= 11 is 0. The minimum Gasteiger partial charge on any atom is -0.478 e. The second kappa shape index (κ2) is 4.33. The van der Waals surface area contributed by atoms with Crippen LogP contribution in [0.5, 0.6) is 0 Å². The van der Waals surface area contributed by atoms with Gasteiger partial charge in [0.15, 0.2) is 0 Å². The van der Waals surface area contributed by atoms with Crippen LogP contribution in [0.4, 0.5) is 5.69 Å².